The van der Waals surface area contributed by atoms with Crippen LogP contribution in [0.3, 0.4) is 0 Å². The van der Waals surface area contributed by atoms with Crippen LogP contribution in [-0.4, -0.2) is 36.0 Å². The molecule has 3 nitrogen and oxygen atoms in total. The van der Waals surface area contributed by atoms with Crippen molar-refractivity contribution in [2.24, 2.45) is 5.92 Å². The first-order chi connectivity index (χ1) is 9.49. The van der Waals surface area contributed by atoms with Crippen LogP contribution in [-0.2, 0) is 4.79 Å². The Labute approximate surface area is 122 Å². The average molecular weight is 274 g/mol. The standard InChI is InChI=1S/C17H26N2O/c1-13(2)10-16-11-18(14(3)4)17(20)12-19(16)15-8-6-5-7-9-15/h5-9,13-14,16H,10-12H2,1-4H3. The first-order valence-electron chi connectivity index (χ1n) is 7.60. The summed E-state index contributed by atoms with van der Waals surface area (Å²) in [4.78, 5) is 16.6. The smallest absolute Gasteiger partial charge is 0.242 e. The lowest BCUT2D eigenvalue weighted by Crippen LogP contribution is -2.58. The number of rotatable bonds is 4. The van der Waals surface area contributed by atoms with Gasteiger partial charge in [0.25, 0.3) is 0 Å². The molecule has 0 radical (unpaired) electrons. The van der Waals surface area contributed by atoms with Gasteiger partial charge < -0.3 is 9.80 Å². The highest BCUT2D eigenvalue weighted by molar-refractivity contribution is 5.83. The van der Waals surface area contributed by atoms with Crippen LogP contribution in [0.2, 0.25) is 0 Å². The van der Waals surface area contributed by atoms with Crippen LogP contribution in [0.1, 0.15) is 34.1 Å². The van der Waals surface area contributed by atoms with Crippen molar-refractivity contribution in [3.05, 3.63) is 30.3 Å². The molecule has 1 aromatic rings. The molecule has 1 atom stereocenters. The van der Waals surface area contributed by atoms with Gasteiger partial charge in [-0.3, -0.25) is 4.79 Å². The summed E-state index contributed by atoms with van der Waals surface area (Å²) in [5, 5.41) is 0. The number of hydrogen-bond acceptors (Lipinski definition) is 2. The highest BCUT2D eigenvalue weighted by atomic mass is 16.2. The van der Waals surface area contributed by atoms with Crippen LogP contribution in [0, 0.1) is 5.92 Å². The van der Waals surface area contributed by atoms with Crippen molar-refractivity contribution in [3.8, 4) is 0 Å². The lowest BCUT2D eigenvalue weighted by molar-refractivity contribution is -0.133. The van der Waals surface area contributed by atoms with Crippen LogP contribution >= 0.6 is 0 Å². The van der Waals surface area contributed by atoms with Gasteiger partial charge in [-0.15, -0.1) is 0 Å². The number of benzene rings is 1. The van der Waals surface area contributed by atoms with E-state index in [0.717, 1.165) is 18.7 Å². The summed E-state index contributed by atoms with van der Waals surface area (Å²) in [6.07, 6.45) is 1.12. The fourth-order valence-electron chi connectivity index (χ4n) is 2.96. The summed E-state index contributed by atoms with van der Waals surface area (Å²) in [6, 6.07) is 11.0. The molecule has 0 aromatic heterocycles. The van der Waals surface area contributed by atoms with Gasteiger partial charge in [0, 0.05) is 24.3 Å². The van der Waals surface area contributed by atoms with Gasteiger partial charge in [-0.2, -0.15) is 0 Å². The van der Waals surface area contributed by atoms with Gasteiger partial charge in [0.2, 0.25) is 5.91 Å². The number of para-hydroxylation sites is 1. The molecule has 20 heavy (non-hydrogen) atoms. The third kappa shape index (κ3) is 3.33. The zero-order chi connectivity index (χ0) is 14.7. The molecule has 0 saturated carbocycles. The van der Waals surface area contributed by atoms with E-state index in [-0.39, 0.29) is 11.9 Å². The zero-order valence-corrected chi connectivity index (χ0v) is 13.0. The topological polar surface area (TPSA) is 23.6 Å². The monoisotopic (exact) mass is 274 g/mol. The van der Waals surface area contributed by atoms with E-state index in [4.69, 9.17) is 0 Å². The molecule has 1 aliphatic heterocycles. The quantitative estimate of drug-likeness (QED) is 0.842. The van der Waals surface area contributed by atoms with Crippen molar-refractivity contribution >= 4 is 11.6 Å². The molecule has 0 N–H and O–H groups in total. The zero-order valence-electron chi connectivity index (χ0n) is 13.0. The number of hydrogen-bond donors (Lipinski definition) is 0. The van der Waals surface area contributed by atoms with E-state index < -0.39 is 0 Å². The van der Waals surface area contributed by atoms with Gasteiger partial charge in [0.15, 0.2) is 0 Å². The summed E-state index contributed by atoms with van der Waals surface area (Å²) < 4.78 is 0. The molecule has 1 unspecified atom stereocenters. The minimum Gasteiger partial charge on any atom is -0.357 e. The first-order valence-corrected chi connectivity index (χ1v) is 7.60. The molecule has 1 amide bonds. The number of amides is 1. The van der Waals surface area contributed by atoms with E-state index >= 15 is 0 Å². The van der Waals surface area contributed by atoms with Crippen LogP contribution in [0.25, 0.3) is 0 Å². The fraction of sp³-hybridized carbons (Fsp3) is 0.588. The fourth-order valence-corrected chi connectivity index (χ4v) is 2.96. The van der Waals surface area contributed by atoms with E-state index in [9.17, 15) is 4.79 Å². The Hall–Kier alpha value is -1.51. The maximum atomic E-state index is 12.3. The Morgan fingerprint density at radius 1 is 1.15 bits per heavy atom. The number of piperazine rings is 1. The predicted molar refractivity (Wildman–Crippen MR) is 83.9 cm³/mol. The Morgan fingerprint density at radius 3 is 2.35 bits per heavy atom. The van der Waals surface area contributed by atoms with Crippen LogP contribution in [0.5, 0.6) is 0 Å². The van der Waals surface area contributed by atoms with Gasteiger partial charge in [-0.1, -0.05) is 32.0 Å². The highest BCUT2D eigenvalue weighted by Crippen LogP contribution is 2.25. The van der Waals surface area contributed by atoms with Crippen molar-refractivity contribution < 1.29 is 4.79 Å². The molecule has 1 heterocycles. The lowest BCUT2D eigenvalue weighted by Gasteiger charge is -2.44. The molecular weight excluding hydrogens is 248 g/mol. The highest BCUT2D eigenvalue weighted by Gasteiger charge is 2.33. The summed E-state index contributed by atoms with van der Waals surface area (Å²) >= 11 is 0. The Morgan fingerprint density at radius 2 is 1.80 bits per heavy atom. The number of carbonyl (C=O) groups is 1. The minimum atomic E-state index is 0.240. The van der Waals surface area contributed by atoms with Gasteiger partial charge in [0.1, 0.15) is 0 Å². The molecule has 1 aromatic carbocycles. The summed E-state index contributed by atoms with van der Waals surface area (Å²) in [5.41, 5.74) is 1.16. The van der Waals surface area contributed by atoms with E-state index in [2.05, 4.69) is 44.7 Å². The van der Waals surface area contributed by atoms with Gasteiger partial charge in [0.05, 0.1) is 6.54 Å². The third-order valence-electron chi connectivity index (χ3n) is 3.93. The minimum absolute atomic E-state index is 0.240. The molecule has 1 fully saturated rings. The van der Waals surface area contributed by atoms with Gasteiger partial charge in [-0.05, 0) is 38.3 Å². The average Bonchev–Trinajstić information content (AvgIpc) is 2.40. The Bertz CT molecular complexity index is 442. The van der Waals surface area contributed by atoms with Crippen LogP contribution < -0.4 is 4.90 Å². The second-order valence-corrected chi connectivity index (χ2v) is 6.39. The Balaban J connectivity index is 2.23. The largest absolute Gasteiger partial charge is 0.357 e. The van der Waals surface area contributed by atoms with Crippen LogP contribution in [0.4, 0.5) is 5.69 Å². The summed E-state index contributed by atoms with van der Waals surface area (Å²) in [7, 11) is 0. The second-order valence-electron chi connectivity index (χ2n) is 6.39. The molecule has 3 heteroatoms. The maximum Gasteiger partial charge on any atom is 0.242 e. The molecular formula is C17H26N2O. The number of nitrogens with zero attached hydrogens (tertiary/aromatic N) is 2. The van der Waals surface area contributed by atoms with E-state index in [1.165, 1.54) is 0 Å². The molecule has 1 saturated heterocycles. The maximum absolute atomic E-state index is 12.3. The third-order valence-corrected chi connectivity index (χ3v) is 3.93. The summed E-state index contributed by atoms with van der Waals surface area (Å²) in [6.45, 7) is 10.0. The molecule has 0 spiro atoms. The van der Waals surface area contributed by atoms with Crippen molar-refractivity contribution in [3.63, 3.8) is 0 Å². The Kier molecular flexibility index (Phi) is 4.69. The van der Waals surface area contributed by atoms with Gasteiger partial charge >= 0.3 is 0 Å². The normalized spacial score (nSPS) is 20.1. The molecule has 2 rings (SSSR count). The number of carbonyl (C=O) groups excluding carboxylic acids is 1. The van der Waals surface area contributed by atoms with Crippen molar-refractivity contribution in [1.29, 1.82) is 0 Å². The molecule has 0 bridgehead atoms. The summed E-state index contributed by atoms with van der Waals surface area (Å²) in [5.74, 6) is 0.872. The second kappa shape index (κ2) is 6.29. The van der Waals surface area contributed by atoms with Crippen molar-refractivity contribution in [1.82, 2.24) is 4.90 Å². The SMILES string of the molecule is CC(C)CC1CN(C(C)C)C(=O)CN1c1ccccc1. The van der Waals surface area contributed by atoms with Crippen LogP contribution in [0.15, 0.2) is 30.3 Å². The number of anilines is 1. The van der Waals surface area contributed by atoms with Gasteiger partial charge in [-0.25, -0.2) is 0 Å². The first kappa shape index (κ1) is 14.9. The molecule has 110 valence electrons. The molecule has 1 aliphatic rings. The van der Waals surface area contributed by atoms with Crippen molar-refractivity contribution in [2.45, 2.75) is 46.2 Å². The predicted octanol–water partition coefficient (Wildman–Crippen LogP) is 3.16. The molecule has 0 aliphatic carbocycles. The van der Waals surface area contributed by atoms with E-state index in [0.29, 0.717) is 18.5 Å². The van der Waals surface area contributed by atoms with E-state index in [1.54, 1.807) is 0 Å². The van der Waals surface area contributed by atoms with Crippen molar-refractivity contribution in [2.75, 3.05) is 18.0 Å². The van der Waals surface area contributed by atoms with E-state index in [1.807, 2.05) is 23.1 Å². The lowest BCUT2D eigenvalue weighted by atomic mass is 9.98.